The summed E-state index contributed by atoms with van der Waals surface area (Å²) in [7, 11) is 3.94. The fraction of sp³-hybridized carbons (Fsp3) is 0.600. The van der Waals surface area contributed by atoms with Gasteiger partial charge in [-0.15, -0.1) is 0 Å². The minimum atomic E-state index is 0.815. The van der Waals surface area contributed by atoms with Gasteiger partial charge in [0.25, 0.3) is 0 Å². The van der Waals surface area contributed by atoms with Crippen molar-refractivity contribution in [3.05, 3.63) is 29.3 Å². The van der Waals surface area contributed by atoms with Gasteiger partial charge in [-0.1, -0.05) is 19.1 Å². The molecule has 1 saturated heterocycles. The van der Waals surface area contributed by atoms with Crippen LogP contribution in [0.4, 0.5) is 0 Å². The maximum atomic E-state index is 5.45. The molecule has 1 aromatic rings. The molecule has 1 aliphatic rings. The number of nitrogens with zero attached hydrogens (tertiary/aromatic N) is 1. The molecule has 0 bridgehead atoms. The molecule has 3 nitrogen and oxygen atoms in total. The standard InChI is InChI=1S/C15H24N2O/c1-4-12-5-6-15(18-3)14(7-12)11-17(2)10-13-8-16-9-13/h5-7,13,16H,4,8-11H2,1-3H3. The van der Waals surface area contributed by atoms with E-state index in [9.17, 15) is 0 Å². The van der Waals surface area contributed by atoms with E-state index in [4.69, 9.17) is 4.74 Å². The van der Waals surface area contributed by atoms with Crippen molar-refractivity contribution in [1.29, 1.82) is 0 Å². The zero-order chi connectivity index (χ0) is 13.0. The first kappa shape index (κ1) is 13.4. The lowest BCUT2D eigenvalue weighted by molar-refractivity contribution is 0.217. The lowest BCUT2D eigenvalue weighted by Crippen LogP contribution is -2.47. The second-order valence-electron chi connectivity index (χ2n) is 5.22. The molecule has 0 aromatic heterocycles. The van der Waals surface area contributed by atoms with Crippen molar-refractivity contribution in [2.24, 2.45) is 5.92 Å². The highest BCUT2D eigenvalue weighted by Crippen LogP contribution is 2.22. The van der Waals surface area contributed by atoms with Gasteiger partial charge in [0.2, 0.25) is 0 Å². The van der Waals surface area contributed by atoms with Crippen LogP contribution in [-0.2, 0) is 13.0 Å². The first-order valence-corrected chi connectivity index (χ1v) is 6.78. The van der Waals surface area contributed by atoms with Crippen LogP contribution in [0.1, 0.15) is 18.1 Å². The van der Waals surface area contributed by atoms with E-state index in [0.29, 0.717) is 0 Å². The summed E-state index contributed by atoms with van der Waals surface area (Å²) in [5.74, 6) is 1.82. The van der Waals surface area contributed by atoms with Gasteiger partial charge in [-0.05, 0) is 31.0 Å². The molecule has 100 valence electrons. The average molecular weight is 248 g/mol. The highest BCUT2D eigenvalue weighted by Gasteiger charge is 2.19. The first-order chi connectivity index (χ1) is 8.72. The van der Waals surface area contributed by atoms with Crippen molar-refractivity contribution in [2.75, 3.05) is 33.8 Å². The maximum Gasteiger partial charge on any atom is 0.123 e. The van der Waals surface area contributed by atoms with E-state index in [0.717, 1.165) is 44.3 Å². The summed E-state index contributed by atoms with van der Waals surface area (Å²) in [6, 6.07) is 6.51. The fourth-order valence-corrected chi connectivity index (χ4v) is 2.45. The average Bonchev–Trinajstić information content (AvgIpc) is 2.34. The van der Waals surface area contributed by atoms with Gasteiger partial charge in [0.1, 0.15) is 5.75 Å². The van der Waals surface area contributed by atoms with E-state index >= 15 is 0 Å². The van der Waals surface area contributed by atoms with E-state index in [1.807, 2.05) is 0 Å². The Labute approximate surface area is 110 Å². The molecule has 1 N–H and O–H groups in total. The molecule has 2 rings (SSSR count). The molecule has 1 heterocycles. The third-order valence-corrected chi connectivity index (χ3v) is 3.63. The number of aryl methyl sites for hydroxylation is 1. The van der Waals surface area contributed by atoms with E-state index in [1.165, 1.54) is 11.1 Å². The SMILES string of the molecule is CCc1ccc(OC)c(CN(C)CC2CNC2)c1. The van der Waals surface area contributed by atoms with Crippen LogP contribution in [-0.4, -0.2) is 38.7 Å². The van der Waals surface area contributed by atoms with Crippen molar-refractivity contribution in [3.63, 3.8) is 0 Å². The van der Waals surface area contributed by atoms with Gasteiger partial charge in [-0.25, -0.2) is 0 Å². The van der Waals surface area contributed by atoms with Gasteiger partial charge < -0.3 is 15.0 Å². The molecule has 0 unspecified atom stereocenters. The Kier molecular flexibility index (Phi) is 4.61. The molecule has 18 heavy (non-hydrogen) atoms. The largest absolute Gasteiger partial charge is 0.496 e. The van der Waals surface area contributed by atoms with Crippen LogP contribution in [0.15, 0.2) is 18.2 Å². The van der Waals surface area contributed by atoms with Gasteiger partial charge in [0, 0.05) is 31.7 Å². The lowest BCUT2D eigenvalue weighted by atomic mass is 10.0. The van der Waals surface area contributed by atoms with Crippen molar-refractivity contribution in [3.8, 4) is 5.75 Å². The van der Waals surface area contributed by atoms with Crippen molar-refractivity contribution < 1.29 is 4.74 Å². The lowest BCUT2D eigenvalue weighted by Gasteiger charge is -2.31. The summed E-state index contributed by atoms with van der Waals surface area (Å²) in [4.78, 5) is 2.39. The monoisotopic (exact) mass is 248 g/mol. The van der Waals surface area contributed by atoms with Crippen LogP contribution in [0.25, 0.3) is 0 Å². The van der Waals surface area contributed by atoms with Crippen molar-refractivity contribution >= 4 is 0 Å². The molecule has 1 aliphatic heterocycles. The third-order valence-electron chi connectivity index (χ3n) is 3.63. The molecular weight excluding hydrogens is 224 g/mol. The Morgan fingerprint density at radius 3 is 2.72 bits per heavy atom. The number of hydrogen-bond acceptors (Lipinski definition) is 3. The van der Waals surface area contributed by atoms with Crippen LogP contribution in [0.2, 0.25) is 0 Å². The van der Waals surface area contributed by atoms with Gasteiger partial charge >= 0.3 is 0 Å². The molecule has 0 atom stereocenters. The van der Waals surface area contributed by atoms with Gasteiger partial charge in [0.05, 0.1) is 7.11 Å². The summed E-state index contributed by atoms with van der Waals surface area (Å²) in [6.45, 7) is 6.64. The van der Waals surface area contributed by atoms with Crippen LogP contribution < -0.4 is 10.1 Å². The smallest absolute Gasteiger partial charge is 0.123 e. The summed E-state index contributed by atoms with van der Waals surface area (Å²) in [5.41, 5.74) is 2.68. The topological polar surface area (TPSA) is 24.5 Å². The van der Waals surface area contributed by atoms with Gasteiger partial charge in [-0.3, -0.25) is 0 Å². The van der Waals surface area contributed by atoms with Crippen molar-refractivity contribution in [2.45, 2.75) is 19.9 Å². The Morgan fingerprint density at radius 1 is 1.39 bits per heavy atom. The Balaban J connectivity index is 2.00. The molecule has 0 spiro atoms. The minimum absolute atomic E-state index is 0.815. The normalized spacial score (nSPS) is 15.8. The van der Waals surface area contributed by atoms with Gasteiger partial charge in [-0.2, -0.15) is 0 Å². The van der Waals surface area contributed by atoms with E-state index in [1.54, 1.807) is 7.11 Å². The second kappa shape index (κ2) is 6.21. The third kappa shape index (κ3) is 3.24. The zero-order valence-corrected chi connectivity index (χ0v) is 11.7. The number of hydrogen-bond donors (Lipinski definition) is 1. The van der Waals surface area contributed by atoms with E-state index in [-0.39, 0.29) is 0 Å². The zero-order valence-electron chi connectivity index (χ0n) is 11.7. The molecule has 1 fully saturated rings. The summed E-state index contributed by atoms with van der Waals surface area (Å²) in [6.07, 6.45) is 1.08. The Hall–Kier alpha value is -1.06. The quantitative estimate of drug-likeness (QED) is 0.832. The Morgan fingerprint density at radius 2 is 2.17 bits per heavy atom. The van der Waals surface area contributed by atoms with Crippen molar-refractivity contribution in [1.82, 2.24) is 10.2 Å². The predicted octanol–water partition coefficient (Wildman–Crippen LogP) is 1.91. The molecular formula is C15H24N2O. The maximum absolute atomic E-state index is 5.45. The molecule has 3 heteroatoms. The van der Waals surface area contributed by atoms with Crippen LogP contribution in [0.3, 0.4) is 0 Å². The van der Waals surface area contributed by atoms with Crippen LogP contribution >= 0.6 is 0 Å². The predicted molar refractivity (Wildman–Crippen MR) is 75.1 cm³/mol. The molecule has 0 amide bonds. The number of nitrogens with one attached hydrogen (secondary N) is 1. The highest BCUT2D eigenvalue weighted by molar-refractivity contribution is 5.37. The minimum Gasteiger partial charge on any atom is -0.496 e. The Bertz CT molecular complexity index is 388. The van der Waals surface area contributed by atoms with E-state index in [2.05, 4.69) is 42.4 Å². The molecule has 0 saturated carbocycles. The summed E-state index contributed by atoms with van der Waals surface area (Å²) >= 11 is 0. The second-order valence-corrected chi connectivity index (χ2v) is 5.22. The van der Waals surface area contributed by atoms with Gasteiger partial charge in [0.15, 0.2) is 0 Å². The van der Waals surface area contributed by atoms with E-state index < -0.39 is 0 Å². The number of ether oxygens (including phenoxy) is 1. The number of benzene rings is 1. The number of methoxy groups -OCH3 is 1. The van der Waals surface area contributed by atoms with Crippen LogP contribution in [0.5, 0.6) is 5.75 Å². The first-order valence-electron chi connectivity index (χ1n) is 6.78. The molecule has 0 aliphatic carbocycles. The summed E-state index contributed by atoms with van der Waals surface area (Å²) < 4.78 is 5.45. The molecule has 0 radical (unpaired) electrons. The fourth-order valence-electron chi connectivity index (χ4n) is 2.45. The van der Waals surface area contributed by atoms with Crippen LogP contribution in [0, 0.1) is 5.92 Å². The number of rotatable bonds is 6. The highest BCUT2D eigenvalue weighted by atomic mass is 16.5. The summed E-state index contributed by atoms with van der Waals surface area (Å²) in [5, 5.41) is 3.32. The molecule has 1 aromatic carbocycles.